The minimum Gasteiger partial charge on any atom is -0.382 e. The highest BCUT2D eigenvalue weighted by Crippen LogP contribution is 1.78. The first kappa shape index (κ1) is 9.52. The molecule has 58 valence electrons. The number of nitrogens with zero attached hydrogens (tertiary/aromatic N) is 2. The summed E-state index contributed by atoms with van der Waals surface area (Å²) >= 11 is 1.35. The average molecular weight is 160 g/mol. The SMILES string of the molecule is CCOCC.c1csnn1. The highest BCUT2D eigenvalue weighted by Gasteiger charge is 1.64. The van der Waals surface area contributed by atoms with E-state index in [0.29, 0.717) is 0 Å². The number of hydrogen-bond donors (Lipinski definition) is 0. The molecule has 0 spiro atoms. The lowest BCUT2D eigenvalue weighted by Crippen LogP contribution is -1.84. The highest BCUT2D eigenvalue weighted by atomic mass is 32.1. The second kappa shape index (κ2) is 8.52. The van der Waals surface area contributed by atoms with E-state index in [1.165, 1.54) is 11.5 Å². The summed E-state index contributed by atoms with van der Waals surface area (Å²) in [5.41, 5.74) is 0. The second-order valence-electron chi connectivity index (χ2n) is 1.37. The summed E-state index contributed by atoms with van der Waals surface area (Å²) < 4.78 is 8.35. The van der Waals surface area contributed by atoms with Crippen molar-refractivity contribution in [3.63, 3.8) is 0 Å². The Morgan fingerprint density at radius 1 is 1.40 bits per heavy atom. The third-order valence-electron chi connectivity index (χ3n) is 0.691. The molecular weight excluding hydrogens is 148 g/mol. The summed E-state index contributed by atoms with van der Waals surface area (Å²) in [4.78, 5) is 0. The Labute approximate surface area is 65.2 Å². The summed E-state index contributed by atoms with van der Waals surface area (Å²) in [5.74, 6) is 0. The predicted octanol–water partition coefficient (Wildman–Crippen LogP) is 1.58. The number of rotatable bonds is 2. The first-order valence-electron chi connectivity index (χ1n) is 3.20. The smallest absolute Gasteiger partial charge is 0.0620 e. The lowest BCUT2D eigenvalue weighted by Gasteiger charge is -1.86. The van der Waals surface area contributed by atoms with Gasteiger partial charge >= 0.3 is 0 Å². The van der Waals surface area contributed by atoms with Crippen molar-refractivity contribution in [2.45, 2.75) is 13.8 Å². The number of hydrogen-bond acceptors (Lipinski definition) is 4. The van der Waals surface area contributed by atoms with Crippen molar-refractivity contribution in [1.82, 2.24) is 9.59 Å². The van der Waals surface area contributed by atoms with Crippen LogP contribution in [0.1, 0.15) is 13.8 Å². The minimum absolute atomic E-state index is 0.844. The first-order valence-corrected chi connectivity index (χ1v) is 4.04. The zero-order chi connectivity index (χ0) is 7.66. The zero-order valence-electron chi connectivity index (χ0n) is 6.28. The minimum atomic E-state index is 0.844. The fourth-order valence-electron chi connectivity index (χ4n) is 0.340. The van der Waals surface area contributed by atoms with Crippen LogP contribution in [0.3, 0.4) is 0 Å². The van der Waals surface area contributed by atoms with Gasteiger partial charge in [-0.1, -0.05) is 4.49 Å². The summed E-state index contributed by atoms with van der Waals surface area (Å²) in [6, 6.07) is 0. The van der Waals surface area contributed by atoms with Crippen molar-refractivity contribution < 1.29 is 4.74 Å². The van der Waals surface area contributed by atoms with E-state index in [2.05, 4.69) is 9.59 Å². The van der Waals surface area contributed by atoms with Gasteiger partial charge in [-0.15, -0.1) is 5.10 Å². The maximum absolute atomic E-state index is 4.83. The molecule has 1 aromatic heterocycles. The Morgan fingerprint density at radius 3 is 2.20 bits per heavy atom. The van der Waals surface area contributed by atoms with Gasteiger partial charge in [-0.3, -0.25) is 0 Å². The van der Waals surface area contributed by atoms with Crippen LogP contribution < -0.4 is 0 Å². The Morgan fingerprint density at radius 2 is 2.10 bits per heavy atom. The molecule has 1 rings (SSSR count). The Kier molecular flexibility index (Phi) is 8.11. The third-order valence-corrected chi connectivity index (χ3v) is 1.12. The van der Waals surface area contributed by atoms with Crippen LogP contribution in [-0.4, -0.2) is 22.8 Å². The van der Waals surface area contributed by atoms with Gasteiger partial charge in [0.1, 0.15) is 0 Å². The van der Waals surface area contributed by atoms with Gasteiger partial charge in [0.2, 0.25) is 0 Å². The molecule has 4 heteroatoms. The van der Waals surface area contributed by atoms with Gasteiger partial charge in [-0.05, 0) is 25.4 Å². The maximum Gasteiger partial charge on any atom is 0.0620 e. The molecule has 0 atom stereocenters. The van der Waals surface area contributed by atoms with Gasteiger partial charge in [0.25, 0.3) is 0 Å². The predicted molar refractivity (Wildman–Crippen MR) is 42.1 cm³/mol. The van der Waals surface area contributed by atoms with Gasteiger partial charge in [-0.25, -0.2) is 0 Å². The van der Waals surface area contributed by atoms with E-state index in [0.717, 1.165) is 13.2 Å². The van der Waals surface area contributed by atoms with Gasteiger partial charge < -0.3 is 4.74 Å². The molecular formula is C6H12N2OS. The Hall–Kier alpha value is -0.480. The zero-order valence-corrected chi connectivity index (χ0v) is 7.10. The molecule has 0 aromatic carbocycles. The van der Waals surface area contributed by atoms with Crippen molar-refractivity contribution in [2.24, 2.45) is 0 Å². The molecule has 0 amide bonds. The van der Waals surface area contributed by atoms with E-state index in [4.69, 9.17) is 4.74 Å². The fourth-order valence-corrected chi connectivity index (χ4v) is 0.612. The van der Waals surface area contributed by atoms with Crippen molar-refractivity contribution >= 4 is 11.5 Å². The first-order chi connectivity index (χ1) is 4.91. The van der Waals surface area contributed by atoms with Crippen LogP contribution in [-0.2, 0) is 4.74 Å². The van der Waals surface area contributed by atoms with Crippen molar-refractivity contribution in [1.29, 1.82) is 0 Å². The fraction of sp³-hybridized carbons (Fsp3) is 0.667. The topological polar surface area (TPSA) is 35.0 Å². The number of ether oxygens (including phenoxy) is 1. The normalized spacial score (nSPS) is 8.20. The van der Waals surface area contributed by atoms with Crippen LogP contribution in [0.5, 0.6) is 0 Å². The summed E-state index contributed by atoms with van der Waals surface area (Å²) in [6.45, 7) is 5.67. The molecule has 10 heavy (non-hydrogen) atoms. The standard InChI is InChI=1S/C4H10O.C2H2N2S/c1-3-5-4-2;1-2-5-4-3-1/h3-4H2,1-2H3;1-2H. The molecule has 0 N–H and O–H groups in total. The summed E-state index contributed by atoms with van der Waals surface area (Å²) in [5, 5.41) is 5.31. The van der Waals surface area contributed by atoms with Crippen LogP contribution in [0.4, 0.5) is 0 Å². The van der Waals surface area contributed by atoms with Crippen LogP contribution in [0.25, 0.3) is 0 Å². The number of aromatic nitrogens is 2. The van der Waals surface area contributed by atoms with Gasteiger partial charge in [0.05, 0.1) is 6.20 Å². The van der Waals surface area contributed by atoms with Crippen molar-refractivity contribution in [2.75, 3.05) is 13.2 Å². The third kappa shape index (κ3) is 7.52. The van der Waals surface area contributed by atoms with E-state index in [1.807, 2.05) is 19.2 Å². The van der Waals surface area contributed by atoms with Crippen molar-refractivity contribution in [3.8, 4) is 0 Å². The van der Waals surface area contributed by atoms with E-state index in [1.54, 1.807) is 6.20 Å². The summed E-state index contributed by atoms with van der Waals surface area (Å²) in [7, 11) is 0. The van der Waals surface area contributed by atoms with Crippen LogP contribution in [0.2, 0.25) is 0 Å². The molecule has 0 saturated heterocycles. The van der Waals surface area contributed by atoms with Crippen LogP contribution in [0.15, 0.2) is 11.6 Å². The van der Waals surface area contributed by atoms with Crippen molar-refractivity contribution in [3.05, 3.63) is 11.6 Å². The Balaban J connectivity index is 0.000000162. The highest BCUT2D eigenvalue weighted by molar-refractivity contribution is 7.03. The maximum atomic E-state index is 4.83. The molecule has 0 aliphatic heterocycles. The molecule has 0 fully saturated rings. The van der Waals surface area contributed by atoms with E-state index in [9.17, 15) is 0 Å². The molecule has 0 unspecified atom stereocenters. The molecule has 1 aromatic rings. The van der Waals surface area contributed by atoms with E-state index in [-0.39, 0.29) is 0 Å². The molecule has 3 nitrogen and oxygen atoms in total. The molecule has 0 radical (unpaired) electrons. The molecule has 0 saturated carbocycles. The lowest BCUT2D eigenvalue weighted by molar-refractivity contribution is 0.162. The molecule has 0 bridgehead atoms. The van der Waals surface area contributed by atoms with E-state index >= 15 is 0 Å². The largest absolute Gasteiger partial charge is 0.382 e. The Bertz CT molecular complexity index is 102. The van der Waals surface area contributed by atoms with Gasteiger partial charge in [0, 0.05) is 18.6 Å². The van der Waals surface area contributed by atoms with Gasteiger partial charge in [0.15, 0.2) is 0 Å². The lowest BCUT2D eigenvalue weighted by atomic mass is 10.8. The monoisotopic (exact) mass is 160 g/mol. The van der Waals surface area contributed by atoms with E-state index < -0.39 is 0 Å². The van der Waals surface area contributed by atoms with Gasteiger partial charge in [-0.2, -0.15) is 0 Å². The molecule has 0 aliphatic rings. The van der Waals surface area contributed by atoms with Crippen LogP contribution >= 0.6 is 11.5 Å². The van der Waals surface area contributed by atoms with Crippen LogP contribution in [0, 0.1) is 0 Å². The molecule has 1 heterocycles. The summed E-state index contributed by atoms with van der Waals surface area (Å²) in [6.07, 6.45) is 1.66. The quantitative estimate of drug-likeness (QED) is 0.659. The second-order valence-corrected chi connectivity index (χ2v) is 2.02. The average Bonchev–Trinajstić information content (AvgIpc) is 2.44. The molecule has 0 aliphatic carbocycles.